The fourth-order valence-electron chi connectivity index (χ4n) is 1.99. The topological polar surface area (TPSA) is 54.9 Å². The van der Waals surface area contributed by atoms with Gasteiger partial charge in [-0.25, -0.2) is 9.97 Å². The number of hydrogen-bond donors (Lipinski definition) is 1. The van der Waals surface area contributed by atoms with Crippen molar-refractivity contribution in [3.8, 4) is 11.3 Å². The zero-order valence-electron chi connectivity index (χ0n) is 11.7. The summed E-state index contributed by atoms with van der Waals surface area (Å²) in [5.74, 6) is -0.255. The van der Waals surface area contributed by atoms with Gasteiger partial charge >= 0.3 is 0 Å². The number of nitrogens with one attached hydrogen (secondary N) is 1. The molecule has 110 valence electrons. The highest BCUT2D eigenvalue weighted by Gasteiger charge is 2.11. The van der Waals surface area contributed by atoms with Crippen molar-refractivity contribution in [2.45, 2.75) is 6.92 Å². The van der Waals surface area contributed by atoms with Gasteiger partial charge in [0.05, 0.1) is 11.3 Å². The summed E-state index contributed by atoms with van der Waals surface area (Å²) in [6, 6.07) is 11.2. The fourth-order valence-corrected chi connectivity index (χ4v) is 2.81. The number of nitrogens with zero attached hydrogens (tertiary/aromatic N) is 2. The van der Waals surface area contributed by atoms with Crippen molar-refractivity contribution in [2.75, 3.05) is 5.32 Å². The van der Waals surface area contributed by atoms with Crippen molar-refractivity contribution in [1.29, 1.82) is 0 Å². The van der Waals surface area contributed by atoms with E-state index in [4.69, 9.17) is 11.6 Å². The van der Waals surface area contributed by atoms with Gasteiger partial charge in [0.25, 0.3) is 5.91 Å². The van der Waals surface area contributed by atoms with Gasteiger partial charge in [-0.3, -0.25) is 10.1 Å². The molecule has 0 atom stereocenters. The van der Waals surface area contributed by atoms with Crippen LogP contribution in [0.5, 0.6) is 0 Å². The summed E-state index contributed by atoms with van der Waals surface area (Å²) in [6.45, 7) is 2.03. The molecule has 4 nitrogen and oxygen atoms in total. The Morgan fingerprint density at radius 2 is 2.05 bits per heavy atom. The SMILES string of the molecule is Cc1ccccc1-c1csc(NC(=O)c2ccc(Cl)nc2)n1. The lowest BCUT2D eigenvalue weighted by Crippen LogP contribution is -2.11. The molecule has 1 amide bonds. The van der Waals surface area contributed by atoms with Crippen molar-refractivity contribution in [2.24, 2.45) is 0 Å². The monoisotopic (exact) mass is 329 g/mol. The molecule has 0 saturated carbocycles. The van der Waals surface area contributed by atoms with Crippen LogP contribution in [0.3, 0.4) is 0 Å². The highest BCUT2D eigenvalue weighted by molar-refractivity contribution is 7.14. The van der Waals surface area contributed by atoms with E-state index in [0.29, 0.717) is 15.8 Å². The van der Waals surface area contributed by atoms with E-state index in [1.54, 1.807) is 12.1 Å². The van der Waals surface area contributed by atoms with Crippen molar-refractivity contribution in [1.82, 2.24) is 9.97 Å². The number of aromatic nitrogens is 2. The van der Waals surface area contributed by atoms with Crippen LogP contribution in [0.15, 0.2) is 48.0 Å². The quantitative estimate of drug-likeness (QED) is 0.724. The van der Waals surface area contributed by atoms with Gasteiger partial charge in [0.2, 0.25) is 0 Å². The van der Waals surface area contributed by atoms with Crippen molar-refractivity contribution < 1.29 is 4.79 Å². The number of rotatable bonds is 3. The van der Waals surface area contributed by atoms with Crippen LogP contribution in [0, 0.1) is 6.92 Å². The van der Waals surface area contributed by atoms with Crippen molar-refractivity contribution in [3.05, 3.63) is 64.3 Å². The molecule has 0 aliphatic heterocycles. The van der Waals surface area contributed by atoms with Gasteiger partial charge in [0.15, 0.2) is 5.13 Å². The number of pyridine rings is 1. The Morgan fingerprint density at radius 3 is 2.77 bits per heavy atom. The molecule has 0 aliphatic carbocycles. The van der Waals surface area contributed by atoms with Crippen molar-refractivity contribution >= 4 is 34.0 Å². The van der Waals surface area contributed by atoms with E-state index < -0.39 is 0 Å². The molecule has 0 unspecified atom stereocenters. The fraction of sp³-hybridized carbons (Fsp3) is 0.0625. The summed E-state index contributed by atoms with van der Waals surface area (Å²) in [7, 11) is 0. The summed E-state index contributed by atoms with van der Waals surface area (Å²) in [5.41, 5.74) is 3.50. The summed E-state index contributed by atoms with van der Waals surface area (Å²) < 4.78 is 0. The average molecular weight is 330 g/mol. The highest BCUT2D eigenvalue weighted by atomic mass is 35.5. The van der Waals surface area contributed by atoms with Gasteiger partial charge in [-0.15, -0.1) is 11.3 Å². The largest absolute Gasteiger partial charge is 0.298 e. The van der Waals surface area contributed by atoms with E-state index in [1.165, 1.54) is 17.5 Å². The highest BCUT2D eigenvalue weighted by Crippen LogP contribution is 2.27. The van der Waals surface area contributed by atoms with Crippen LogP contribution in [-0.2, 0) is 0 Å². The zero-order valence-corrected chi connectivity index (χ0v) is 13.3. The lowest BCUT2D eigenvalue weighted by Gasteiger charge is -2.02. The number of halogens is 1. The average Bonchev–Trinajstić information content (AvgIpc) is 2.96. The third kappa shape index (κ3) is 3.16. The molecule has 0 spiro atoms. The third-order valence-corrected chi connectivity index (χ3v) is 4.12. The Labute approximate surface area is 136 Å². The lowest BCUT2D eigenvalue weighted by atomic mass is 10.1. The molecule has 0 radical (unpaired) electrons. The minimum atomic E-state index is -0.255. The minimum absolute atomic E-state index is 0.255. The number of hydrogen-bond acceptors (Lipinski definition) is 4. The second kappa shape index (κ2) is 6.25. The molecule has 3 aromatic rings. The molecule has 6 heteroatoms. The predicted molar refractivity (Wildman–Crippen MR) is 89.5 cm³/mol. The number of amides is 1. The summed E-state index contributed by atoms with van der Waals surface area (Å²) in [6.07, 6.45) is 1.44. The van der Waals surface area contributed by atoms with Gasteiger partial charge in [0.1, 0.15) is 5.15 Å². The van der Waals surface area contributed by atoms with E-state index in [9.17, 15) is 4.79 Å². The maximum Gasteiger partial charge on any atom is 0.259 e. The Morgan fingerprint density at radius 1 is 1.23 bits per heavy atom. The molecule has 1 aromatic carbocycles. The van der Waals surface area contributed by atoms with E-state index in [-0.39, 0.29) is 5.91 Å². The first-order valence-electron chi connectivity index (χ1n) is 6.58. The molecule has 3 rings (SSSR count). The van der Waals surface area contributed by atoms with E-state index in [2.05, 4.69) is 15.3 Å². The third-order valence-electron chi connectivity index (χ3n) is 3.14. The standard InChI is InChI=1S/C16H12ClN3OS/c1-10-4-2-3-5-12(10)13-9-22-16(19-13)20-15(21)11-6-7-14(17)18-8-11/h2-9H,1H3,(H,19,20,21). The minimum Gasteiger partial charge on any atom is -0.298 e. The predicted octanol–water partition coefficient (Wildman–Crippen LogP) is 4.42. The van der Waals surface area contributed by atoms with Crippen LogP contribution in [0.4, 0.5) is 5.13 Å². The van der Waals surface area contributed by atoms with Gasteiger partial charge in [0, 0.05) is 17.1 Å². The molecule has 0 saturated heterocycles. The Balaban J connectivity index is 1.78. The number of carbonyl (C=O) groups is 1. The summed E-state index contributed by atoms with van der Waals surface area (Å²) in [4.78, 5) is 20.5. The molecule has 22 heavy (non-hydrogen) atoms. The maximum absolute atomic E-state index is 12.1. The van der Waals surface area contributed by atoms with Crippen LogP contribution >= 0.6 is 22.9 Å². The summed E-state index contributed by atoms with van der Waals surface area (Å²) in [5, 5.41) is 5.61. The molecule has 0 bridgehead atoms. The first-order chi connectivity index (χ1) is 10.6. The van der Waals surface area contributed by atoms with Crippen molar-refractivity contribution in [3.63, 3.8) is 0 Å². The number of aryl methyl sites for hydroxylation is 1. The molecule has 0 fully saturated rings. The number of benzene rings is 1. The van der Waals surface area contributed by atoms with Crippen LogP contribution in [0.2, 0.25) is 5.15 Å². The molecular formula is C16H12ClN3OS. The van der Waals surface area contributed by atoms with Crippen LogP contribution < -0.4 is 5.32 Å². The Hall–Kier alpha value is -2.24. The van der Waals surface area contributed by atoms with Gasteiger partial charge < -0.3 is 0 Å². The molecule has 1 N–H and O–H groups in total. The van der Waals surface area contributed by atoms with E-state index in [0.717, 1.165) is 16.8 Å². The number of anilines is 1. The molecular weight excluding hydrogens is 318 g/mol. The smallest absolute Gasteiger partial charge is 0.259 e. The first kappa shape index (κ1) is 14.7. The molecule has 2 heterocycles. The summed E-state index contributed by atoms with van der Waals surface area (Å²) >= 11 is 7.10. The lowest BCUT2D eigenvalue weighted by molar-refractivity contribution is 0.102. The second-order valence-corrected chi connectivity index (χ2v) is 5.92. The van der Waals surface area contributed by atoms with Crippen LogP contribution in [0.1, 0.15) is 15.9 Å². The van der Waals surface area contributed by atoms with Gasteiger partial charge in [-0.05, 0) is 24.6 Å². The maximum atomic E-state index is 12.1. The van der Waals surface area contributed by atoms with Gasteiger partial charge in [-0.2, -0.15) is 0 Å². The van der Waals surface area contributed by atoms with Gasteiger partial charge in [-0.1, -0.05) is 35.9 Å². The first-order valence-corrected chi connectivity index (χ1v) is 7.83. The Kier molecular flexibility index (Phi) is 4.18. The molecule has 2 aromatic heterocycles. The number of carbonyl (C=O) groups excluding carboxylic acids is 1. The normalized spacial score (nSPS) is 10.5. The van der Waals surface area contributed by atoms with E-state index >= 15 is 0 Å². The Bertz CT molecular complexity index is 814. The zero-order chi connectivity index (χ0) is 15.5. The number of thiazole rings is 1. The second-order valence-electron chi connectivity index (χ2n) is 4.68. The molecule has 0 aliphatic rings. The van der Waals surface area contributed by atoms with Crippen LogP contribution in [0.25, 0.3) is 11.3 Å². The van der Waals surface area contributed by atoms with E-state index in [1.807, 2.05) is 36.6 Å². The van der Waals surface area contributed by atoms with Crippen LogP contribution in [-0.4, -0.2) is 15.9 Å².